The summed E-state index contributed by atoms with van der Waals surface area (Å²) in [7, 11) is 0. The highest BCUT2D eigenvalue weighted by atomic mass is 32.1. The molecule has 1 saturated carbocycles. The molecule has 1 atom stereocenters. The number of carbonyl (C=O) groups is 1. The Morgan fingerprint density at radius 1 is 1.56 bits per heavy atom. The molecule has 0 aromatic carbocycles. The van der Waals surface area contributed by atoms with Crippen molar-refractivity contribution in [2.45, 2.75) is 44.7 Å². The number of nitrogens with two attached hydrogens (primary N) is 1. The van der Waals surface area contributed by atoms with E-state index in [1.54, 1.807) is 11.3 Å². The Balaban J connectivity index is 1.97. The molecule has 16 heavy (non-hydrogen) atoms. The summed E-state index contributed by atoms with van der Waals surface area (Å²) in [5.74, 6) is -0.00250. The van der Waals surface area contributed by atoms with Gasteiger partial charge >= 0.3 is 0 Å². The maximum Gasteiger partial charge on any atom is 0.240 e. The number of amides is 1. The molecular formula is C12H18N2OS. The third-order valence-electron chi connectivity index (χ3n) is 3.23. The lowest BCUT2D eigenvalue weighted by atomic mass is 9.77. The molecule has 1 heterocycles. The van der Waals surface area contributed by atoms with Crippen molar-refractivity contribution in [1.82, 2.24) is 5.32 Å². The van der Waals surface area contributed by atoms with Crippen molar-refractivity contribution in [2.75, 3.05) is 0 Å². The SMILES string of the molecule is Cc1ccc(C(C)NC(=O)C2(N)CCC2)s1. The first-order chi connectivity index (χ1) is 7.51. The number of carbonyl (C=O) groups excluding carboxylic acids is 1. The van der Waals surface area contributed by atoms with Gasteiger partial charge in [-0.1, -0.05) is 0 Å². The minimum absolute atomic E-state index is 0.00250. The molecule has 1 aliphatic rings. The third kappa shape index (κ3) is 2.13. The summed E-state index contributed by atoms with van der Waals surface area (Å²) in [5, 5.41) is 3.00. The fourth-order valence-electron chi connectivity index (χ4n) is 1.88. The van der Waals surface area contributed by atoms with Crippen molar-refractivity contribution in [3.63, 3.8) is 0 Å². The van der Waals surface area contributed by atoms with Gasteiger partial charge in [-0.05, 0) is 45.2 Å². The van der Waals surface area contributed by atoms with Crippen LogP contribution in [0.2, 0.25) is 0 Å². The molecule has 0 radical (unpaired) electrons. The number of nitrogens with one attached hydrogen (secondary N) is 1. The molecule has 2 rings (SSSR count). The first kappa shape index (κ1) is 11.6. The normalized spacial score (nSPS) is 19.9. The number of thiophene rings is 1. The number of hydrogen-bond donors (Lipinski definition) is 2. The molecule has 1 aromatic rings. The Morgan fingerprint density at radius 2 is 2.25 bits per heavy atom. The Labute approximate surface area is 100 Å². The van der Waals surface area contributed by atoms with Crippen LogP contribution in [0.4, 0.5) is 0 Å². The van der Waals surface area contributed by atoms with E-state index in [2.05, 4.69) is 24.4 Å². The van der Waals surface area contributed by atoms with Gasteiger partial charge < -0.3 is 11.1 Å². The van der Waals surface area contributed by atoms with Crippen LogP contribution in [0.3, 0.4) is 0 Å². The van der Waals surface area contributed by atoms with E-state index < -0.39 is 5.54 Å². The highest BCUT2D eigenvalue weighted by Gasteiger charge is 2.40. The summed E-state index contributed by atoms with van der Waals surface area (Å²) in [6, 6.07) is 4.20. The van der Waals surface area contributed by atoms with E-state index in [4.69, 9.17) is 5.73 Å². The van der Waals surface area contributed by atoms with Crippen molar-refractivity contribution >= 4 is 17.2 Å². The summed E-state index contributed by atoms with van der Waals surface area (Å²) < 4.78 is 0. The van der Waals surface area contributed by atoms with E-state index in [1.807, 2.05) is 6.92 Å². The van der Waals surface area contributed by atoms with Gasteiger partial charge in [0.05, 0.1) is 11.6 Å². The van der Waals surface area contributed by atoms with Crippen LogP contribution in [-0.2, 0) is 4.79 Å². The molecule has 1 aliphatic carbocycles. The minimum atomic E-state index is -0.597. The molecule has 88 valence electrons. The highest BCUT2D eigenvalue weighted by molar-refractivity contribution is 7.12. The maximum atomic E-state index is 11.9. The second-order valence-electron chi connectivity index (χ2n) is 4.65. The topological polar surface area (TPSA) is 55.1 Å². The molecule has 0 aliphatic heterocycles. The summed E-state index contributed by atoms with van der Waals surface area (Å²) in [6.07, 6.45) is 2.69. The second-order valence-corrected chi connectivity index (χ2v) is 5.97. The number of rotatable bonds is 3. The van der Waals surface area contributed by atoms with E-state index in [1.165, 1.54) is 9.75 Å². The quantitative estimate of drug-likeness (QED) is 0.847. The van der Waals surface area contributed by atoms with Gasteiger partial charge in [-0.25, -0.2) is 0 Å². The molecule has 1 fully saturated rings. The standard InChI is InChI=1S/C12H18N2OS/c1-8-4-5-10(16-8)9(2)14-11(15)12(13)6-3-7-12/h4-5,9H,3,6-7,13H2,1-2H3,(H,14,15). The van der Waals surface area contributed by atoms with Gasteiger partial charge in [-0.3, -0.25) is 4.79 Å². The lowest BCUT2D eigenvalue weighted by Gasteiger charge is -2.37. The molecule has 3 nitrogen and oxygen atoms in total. The Hall–Kier alpha value is -0.870. The van der Waals surface area contributed by atoms with E-state index in [9.17, 15) is 4.79 Å². The molecule has 3 N–H and O–H groups in total. The Kier molecular flexibility index (Phi) is 3.04. The van der Waals surface area contributed by atoms with E-state index >= 15 is 0 Å². The molecule has 1 amide bonds. The van der Waals surface area contributed by atoms with Gasteiger partial charge in [0.15, 0.2) is 0 Å². The lowest BCUT2D eigenvalue weighted by Crippen LogP contribution is -2.58. The van der Waals surface area contributed by atoms with Crippen molar-refractivity contribution < 1.29 is 4.79 Å². The lowest BCUT2D eigenvalue weighted by molar-refractivity contribution is -0.129. The third-order valence-corrected chi connectivity index (χ3v) is 4.42. The molecular weight excluding hydrogens is 220 g/mol. The Morgan fingerprint density at radius 3 is 2.69 bits per heavy atom. The Bertz CT molecular complexity index is 395. The van der Waals surface area contributed by atoms with Gasteiger partial charge in [0.25, 0.3) is 0 Å². The van der Waals surface area contributed by atoms with Crippen LogP contribution in [0.15, 0.2) is 12.1 Å². The zero-order valence-electron chi connectivity index (χ0n) is 9.75. The van der Waals surface area contributed by atoms with Gasteiger partial charge in [-0.2, -0.15) is 0 Å². The molecule has 4 heteroatoms. The number of hydrogen-bond acceptors (Lipinski definition) is 3. The molecule has 0 saturated heterocycles. The predicted molar refractivity (Wildman–Crippen MR) is 66.4 cm³/mol. The minimum Gasteiger partial charge on any atom is -0.347 e. The summed E-state index contributed by atoms with van der Waals surface area (Å²) >= 11 is 1.72. The van der Waals surface area contributed by atoms with Crippen LogP contribution in [0, 0.1) is 6.92 Å². The van der Waals surface area contributed by atoms with Gasteiger partial charge in [0.2, 0.25) is 5.91 Å². The second kappa shape index (κ2) is 4.18. The van der Waals surface area contributed by atoms with Crippen LogP contribution in [-0.4, -0.2) is 11.4 Å². The average Bonchev–Trinajstić information content (AvgIpc) is 2.61. The van der Waals surface area contributed by atoms with Gasteiger partial charge in [0.1, 0.15) is 0 Å². The fraction of sp³-hybridized carbons (Fsp3) is 0.583. The maximum absolute atomic E-state index is 11.9. The predicted octanol–water partition coefficient (Wildman–Crippen LogP) is 2.12. The largest absolute Gasteiger partial charge is 0.347 e. The molecule has 1 aromatic heterocycles. The zero-order chi connectivity index (χ0) is 11.8. The monoisotopic (exact) mass is 238 g/mol. The zero-order valence-corrected chi connectivity index (χ0v) is 10.6. The van der Waals surface area contributed by atoms with E-state index in [0.717, 1.165) is 19.3 Å². The summed E-state index contributed by atoms with van der Waals surface area (Å²) in [5.41, 5.74) is 5.37. The van der Waals surface area contributed by atoms with Crippen LogP contribution in [0.5, 0.6) is 0 Å². The van der Waals surface area contributed by atoms with Crippen LogP contribution >= 0.6 is 11.3 Å². The summed E-state index contributed by atoms with van der Waals surface area (Å²) in [4.78, 5) is 14.4. The van der Waals surface area contributed by atoms with Crippen molar-refractivity contribution in [1.29, 1.82) is 0 Å². The average molecular weight is 238 g/mol. The van der Waals surface area contributed by atoms with Crippen molar-refractivity contribution in [3.05, 3.63) is 21.9 Å². The van der Waals surface area contributed by atoms with E-state index in [-0.39, 0.29) is 11.9 Å². The number of aryl methyl sites for hydroxylation is 1. The molecule has 1 unspecified atom stereocenters. The van der Waals surface area contributed by atoms with Crippen LogP contribution in [0.25, 0.3) is 0 Å². The molecule has 0 spiro atoms. The van der Waals surface area contributed by atoms with Gasteiger partial charge in [0, 0.05) is 9.75 Å². The van der Waals surface area contributed by atoms with Gasteiger partial charge in [-0.15, -0.1) is 11.3 Å². The molecule has 0 bridgehead atoms. The summed E-state index contributed by atoms with van der Waals surface area (Å²) in [6.45, 7) is 4.07. The van der Waals surface area contributed by atoms with Crippen LogP contribution in [0.1, 0.15) is 42.0 Å². The highest BCUT2D eigenvalue weighted by Crippen LogP contribution is 2.30. The van der Waals surface area contributed by atoms with Crippen LogP contribution < -0.4 is 11.1 Å². The smallest absolute Gasteiger partial charge is 0.240 e. The fourth-order valence-corrected chi connectivity index (χ4v) is 2.76. The first-order valence-electron chi connectivity index (χ1n) is 5.67. The van der Waals surface area contributed by atoms with Crippen molar-refractivity contribution in [2.24, 2.45) is 5.73 Å². The first-order valence-corrected chi connectivity index (χ1v) is 6.49. The van der Waals surface area contributed by atoms with E-state index in [0.29, 0.717) is 0 Å². The van der Waals surface area contributed by atoms with Crippen molar-refractivity contribution in [3.8, 4) is 0 Å².